The Labute approximate surface area is 86.0 Å². The number of fused-ring (bicyclic) bond motifs is 1. The van der Waals surface area contributed by atoms with E-state index in [1.54, 1.807) is 12.1 Å². The van der Waals surface area contributed by atoms with Crippen LogP contribution in [0.3, 0.4) is 0 Å². The molecule has 0 fully saturated rings. The minimum Gasteiger partial charge on any atom is -0.454 e. The first kappa shape index (κ1) is 10.2. The number of hydrogen-bond donors (Lipinski definition) is 1. The van der Waals surface area contributed by atoms with Gasteiger partial charge in [0.1, 0.15) is 0 Å². The van der Waals surface area contributed by atoms with Crippen molar-refractivity contribution in [3.05, 3.63) is 23.8 Å². The molecule has 0 atom stereocenters. The molecule has 15 heavy (non-hydrogen) atoms. The Morgan fingerprint density at radius 2 is 2.07 bits per heavy atom. The molecule has 1 aromatic rings. The summed E-state index contributed by atoms with van der Waals surface area (Å²) in [6.45, 7) is 0.332. The van der Waals surface area contributed by atoms with E-state index in [0.717, 1.165) is 5.56 Å². The molecule has 0 saturated carbocycles. The third kappa shape index (κ3) is 2.56. The molecular formula is C10H11F2NO2. The van der Waals surface area contributed by atoms with Crippen LogP contribution in [-0.4, -0.2) is 19.8 Å². The van der Waals surface area contributed by atoms with Crippen molar-refractivity contribution in [1.29, 1.82) is 0 Å². The van der Waals surface area contributed by atoms with Gasteiger partial charge in [0.25, 0.3) is 6.43 Å². The molecule has 0 aliphatic carbocycles. The van der Waals surface area contributed by atoms with Crippen molar-refractivity contribution in [2.75, 3.05) is 13.3 Å². The number of hydrogen-bond acceptors (Lipinski definition) is 3. The van der Waals surface area contributed by atoms with Gasteiger partial charge in [-0.25, -0.2) is 8.78 Å². The third-order valence-corrected chi connectivity index (χ3v) is 2.06. The van der Waals surface area contributed by atoms with Gasteiger partial charge < -0.3 is 14.8 Å². The van der Waals surface area contributed by atoms with Crippen molar-refractivity contribution in [3.63, 3.8) is 0 Å². The lowest BCUT2D eigenvalue weighted by molar-refractivity contribution is 0.145. The minimum absolute atomic E-state index is 0.225. The monoisotopic (exact) mass is 215 g/mol. The summed E-state index contributed by atoms with van der Waals surface area (Å²) in [7, 11) is 0. The standard InChI is InChI=1S/C10H11F2NO2/c11-10(12)5-13-4-7-1-2-8-9(3-7)15-6-14-8/h1-3,10,13H,4-6H2. The quantitative estimate of drug-likeness (QED) is 0.830. The van der Waals surface area contributed by atoms with Crippen molar-refractivity contribution in [2.24, 2.45) is 0 Å². The van der Waals surface area contributed by atoms with Crippen molar-refractivity contribution in [2.45, 2.75) is 13.0 Å². The number of ether oxygens (including phenoxy) is 2. The summed E-state index contributed by atoms with van der Waals surface area (Å²) in [5, 5.41) is 2.65. The lowest BCUT2D eigenvalue weighted by Gasteiger charge is -2.04. The maximum Gasteiger partial charge on any atom is 0.250 e. The molecule has 0 spiro atoms. The SMILES string of the molecule is FC(F)CNCc1ccc2c(c1)OCO2. The average Bonchev–Trinajstić information content (AvgIpc) is 2.64. The first-order valence-electron chi connectivity index (χ1n) is 4.63. The van der Waals surface area contributed by atoms with Crippen molar-refractivity contribution in [3.8, 4) is 11.5 Å². The van der Waals surface area contributed by atoms with E-state index < -0.39 is 6.43 Å². The summed E-state index contributed by atoms with van der Waals surface area (Å²) in [6, 6.07) is 5.40. The van der Waals surface area contributed by atoms with E-state index >= 15 is 0 Å². The van der Waals surface area contributed by atoms with Crippen LogP contribution >= 0.6 is 0 Å². The van der Waals surface area contributed by atoms with Crippen molar-refractivity contribution < 1.29 is 18.3 Å². The number of rotatable bonds is 4. The molecular weight excluding hydrogens is 204 g/mol. The Morgan fingerprint density at radius 3 is 2.87 bits per heavy atom. The second kappa shape index (κ2) is 4.44. The molecule has 82 valence electrons. The molecule has 1 aliphatic rings. The van der Waals surface area contributed by atoms with Crippen LogP contribution in [0.1, 0.15) is 5.56 Å². The van der Waals surface area contributed by atoms with E-state index in [0.29, 0.717) is 18.0 Å². The van der Waals surface area contributed by atoms with Gasteiger partial charge in [-0.2, -0.15) is 0 Å². The molecule has 0 unspecified atom stereocenters. The second-order valence-corrected chi connectivity index (χ2v) is 3.21. The van der Waals surface area contributed by atoms with Gasteiger partial charge in [0.05, 0.1) is 6.54 Å². The molecule has 1 heterocycles. The Morgan fingerprint density at radius 1 is 1.27 bits per heavy atom. The minimum atomic E-state index is -2.32. The maximum atomic E-state index is 11.8. The fraction of sp³-hybridized carbons (Fsp3) is 0.400. The zero-order valence-electron chi connectivity index (χ0n) is 8.00. The molecule has 1 aliphatic heterocycles. The van der Waals surface area contributed by atoms with Crippen LogP contribution in [0.4, 0.5) is 8.78 Å². The van der Waals surface area contributed by atoms with Crippen molar-refractivity contribution in [1.82, 2.24) is 5.32 Å². The molecule has 1 N–H and O–H groups in total. The number of benzene rings is 1. The van der Waals surface area contributed by atoms with Gasteiger partial charge in [-0.3, -0.25) is 0 Å². The molecule has 0 radical (unpaired) electrons. The topological polar surface area (TPSA) is 30.5 Å². The fourth-order valence-electron chi connectivity index (χ4n) is 1.38. The van der Waals surface area contributed by atoms with Gasteiger partial charge in [0.2, 0.25) is 6.79 Å². The molecule has 0 saturated heterocycles. The van der Waals surface area contributed by atoms with Crippen LogP contribution in [0.25, 0.3) is 0 Å². The zero-order valence-corrected chi connectivity index (χ0v) is 8.00. The van der Waals surface area contributed by atoms with Gasteiger partial charge in [-0.15, -0.1) is 0 Å². The molecule has 0 bridgehead atoms. The van der Waals surface area contributed by atoms with E-state index in [1.807, 2.05) is 6.07 Å². The van der Waals surface area contributed by atoms with Gasteiger partial charge >= 0.3 is 0 Å². The summed E-state index contributed by atoms with van der Waals surface area (Å²) in [4.78, 5) is 0. The van der Waals surface area contributed by atoms with Crippen LogP contribution in [0.5, 0.6) is 11.5 Å². The second-order valence-electron chi connectivity index (χ2n) is 3.21. The molecule has 0 aromatic heterocycles. The number of alkyl halides is 2. The third-order valence-electron chi connectivity index (χ3n) is 2.06. The van der Waals surface area contributed by atoms with Gasteiger partial charge in [-0.05, 0) is 17.7 Å². The van der Waals surface area contributed by atoms with E-state index in [2.05, 4.69) is 5.32 Å². The van der Waals surface area contributed by atoms with E-state index in [4.69, 9.17) is 9.47 Å². The highest BCUT2D eigenvalue weighted by molar-refractivity contribution is 5.44. The number of nitrogens with one attached hydrogen (secondary N) is 1. The van der Waals surface area contributed by atoms with Crippen LogP contribution < -0.4 is 14.8 Å². The first-order valence-corrected chi connectivity index (χ1v) is 4.63. The van der Waals surface area contributed by atoms with E-state index in [-0.39, 0.29) is 13.3 Å². The van der Waals surface area contributed by atoms with Crippen LogP contribution in [0.2, 0.25) is 0 Å². The van der Waals surface area contributed by atoms with Crippen LogP contribution in [0, 0.1) is 0 Å². The van der Waals surface area contributed by atoms with Gasteiger partial charge in [0, 0.05) is 6.54 Å². The van der Waals surface area contributed by atoms with E-state index in [1.165, 1.54) is 0 Å². The number of halogens is 2. The summed E-state index contributed by atoms with van der Waals surface area (Å²) in [5.74, 6) is 1.37. The summed E-state index contributed by atoms with van der Waals surface area (Å²) in [5.41, 5.74) is 0.903. The largest absolute Gasteiger partial charge is 0.454 e. The summed E-state index contributed by atoms with van der Waals surface area (Å²) < 4.78 is 34.0. The highest BCUT2D eigenvalue weighted by atomic mass is 19.3. The summed E-state index contributed by atoms with van der Waals surface area (Å²) in [6.07, 6.45) is -2.32. The first-order chi connectivity index (χ1) is 7.25. The Kier molecular flexibility index (Phi) is 3.01. The predicted octanol–water partition coefficient (Wildman–Crippen LogP) is 1.77. The van der Waals surface area contributed by atoms with E-state index in [9.17, 15) is 8.78 Å². The Hall–Kier alpha value is -1.36. The highest BCUT2D eigenvalue weighted by Gasteiger charge is 2.12. The van der Waals surface area contributed by atoms with Gasteiger partial charge in [-0.1, -0.05) is 6.07 Å². The van der Waals surface area contributed by atoms with Gasteiger partial charge in [0.15, 0.2) is 11.5 Å². The Bertz CT molecular complexity index is 344. The maximum absolute atomic E-state index is 11.8. The molecule has 5 heteroatoms. The van der Waals surface area contributed by atoms with Crippen LogP contribution in [0.15, 0.2) is 18.2 Å². The molecule has 1 aromatic carbocycles. The predicted molar refractivity (Wildman–Crippen MR) is 50.3 cm³/mol. The average molecular weight is 215 g/mol. The Balaban J connectivity index is 1.92. The van der Waals surface area contributed by atoms with Crippen molar-refractivity contribution >= 4 is 0 Å². The highest BCUT2D eigenvalue weighted by Crippen LogP contribution is 2.32. The zero-order chi connectivity index (χ0) is 10.7. The molecule has 0 amide bonds. The normalized spacial score (nSPS) is 13.5. The van der Waals surface area contributed by atoms with Crippen LogP contribution in [-0.2, 0) is 6.54 Å². The lowest BCUT2D eigenvalue weighted by atomic mass is 10.2. The summed E-state index contributed by atoms with van der Waals surface area (Å²) >= 11 is 0. The molecule has 3 nitrogen and oxygen atoms in total. The lowest BCUT2D eigenvalue weighted by Crippen LogP contribution is -2.20. The molecule has 2 rings (SSSR count). The fourth-order valence-corrected chi connectivity index (χ4v) is 1.38. The smallest absolute Gasteiger partial charge is 0.250 e.